The molecule has 0 aliphatic rings. The van der Waals surface area contributed by atoms with E-state index < -0.39 is 0 Å². The molecule has 19 heavy (non-hydrogen) atoms. The van der Waals surface area contributed by atoms with Crippen molar-refractivity contribution in [3.05, 3.63) is 50.7 Å². The lowest BCUT2D eigenvalue weighted by Gasteiger charge is -2.17. The van der Waals surface area contributed by atoms with Crippen molar-refractivity contribution in [3.8, 4) is 5.75 Å². The average molecular weight is 296 g/mol. The van der Waals surface area contributed by atoms with Crippen LogP contribution >= 0.6 is 22.9 Å². The van der Waals surface area contributed by atoms with E-state index in [0.717, 1.165) is 16.6 Å². The van der Waals surface area contributed by atoms with Gasteiger partial charge in [-0.15, -0.1) is 11.3 Å². The van der Waals surface area contributed by atoms with Crippen LogP contribution in [0.5, 0.6) is 5.75 Å². The SMILES string of the molecule is COc1cc(C)ccc1C(C)NCc1ccc(Cl)s1. The predicted molar refractivity (Wildman–Crippen MR) is 82.3 cm³/mol. The van der Waals surface area contributed by atoms with E-state index in [1.54, 1.807) is 18.4 Å². The van der Waals surface area contributed by atoms with Crippen molar-refractivity contribution in [2.24, 2.45) is 0 Å². The topological polar surface area (TPSA) is 21.3 Å². The standard InChI is InChI=1S/C15H18ClNOS/c1-10-4-6-13(14(8-10)18-3)11(2)17-9-12-5-7-15(16)19-12/h4-8,11,17H,9H2,1-3H3. The van der Waals surface area contributed by atoms with Crippen LogP contribution in [0.1, 0.15) is 29.0 Å². The van der Waals surface area contributed by atoms with Crippen molar-refractivity contribution < 1.29 is 4.74 Å². The number of halogens is 1. The lowest BCUT2D eigenvalue weighted by Crippen LogP contribution is -2.18. The number of benzene rings is 1. The quantitative estimate of drug-likeness (QED) is 0.872. The molecule has 4 heteroatoms. The Labute approximate surface area is 123 Å². The second kappa shape index (κ2) is 6.42. The third-order valence-electron chi connectivity index (χ3n) is 3.07. The van der Waals surface area contributed by atoms with Gasteiger partial charge in [0, 0.05) is 23.0 Å². The number of thiophene rings is 1. The van der Waals surface area contributed by atoms with Crippen LogP contribution in [-0.4, -0.2) is 7.11 Å². The van der Waals surface area contributed by atoms with E-state index in [1.165, 1.54) is 16.0 Å². The number of rotatable bonds is 5. The Bertz CT molecular complexity index is 553. The fraction of sp³-hybridized carbons (Fsp3) is 0.333. The zero-order valence-corrected chi connectivity index (χ0v) is 12.9. The van der Waals surface area contributed by atoms with E-state index >= 15 is 0 Å². The molecular weight excluding hydrogens is 278 g/mol. The molecule has 1 atom stereocenters. The highest BCUT2D eigenvalue weighted by Crippen LogP contribution is 2.27. The minimum absolute atomic E-state index is 0.233. The number of nitrogens with one attached hydrogen (secondary N) is 1. The lowest BCUT2D eigenvalue weighted by atomic mass is 10.0. The lowest BCUT2D eigenvalue weighted by molar-refractivity contribution is 0.401. The average Bonchev–Trinajstić information content (AvgIpc) is 2.81. The highest BCUT2D eigenvalue weighted by Gasteiger charge is 2.11. The van der Waals surface area contributed by atoms with E-state index in [9.17, 15) is 0 Å². The Kier molecular flexibility index (Phi) is 4.86. The minimum Gasteiger partial charge on any atom is -0.496 e. The summed E-state index contributed by atoms with van der Waals surface area (Å²) in [5.41, 5.74) is 2.38. The third kappa shape index (κ3) is 3.72. The molecule has 0 amide bonds. The second-order valence-electron chi connectivity index (χ2n) is 4.55. The van der Waals surface area contributed by atoms with E-state index in [2.05, 4.69) is 43.4 Å². The fourth-order valence-electron chi connectivity index (χ4n) is 1.99. The van der Waals surface area contributed by atoms with Crippen LogP contribution in [0.2, 0.25) is 4.34 Å². The zero-order chi connectivity index (χ0) is 13.8. The molecule has 0 saturated heterocycles. The van der Waals surface area contributed by atoms with Crippen molar-refractivity contribution in [2.45, 2.75) is 26.4 Å². The number of hydrogen-bond donors (Lipinski definition) is 1. The molecule has 1 N–H and O–H groups in total. The first kappa shape index (κ1) is 14.4. The van der Waals surface area contributed by atoms with Gasteiger partial charge in [0.05, 0.1) is 11.4 Å². The maximum absolute atomic E-state index is 5.93. The van der Waals surface area contributed by atoms with Crippen molar-refractivity contribution in [1.82, 2.24) is 5.32 Å². The third-order valence-corrected chi connectivity index (χ3v) is 4.30. The molecule has 102 valence electrons. The van der Waals surface area contributed by atoms with Crippen molar-refractivity contribution in [1.29, 1.82) is 0 Å². The summed E-state index contributed by atoms with van der Waals surface area (Å²) in [5.74, 6) is 0.934. The normalized spacial score (nSPS) is 12.4. The van der Waals surface area contributed by atoms with Gasteiger partial charge in [0.25, 0.3) is 0 Å². The van der Waals surface area contributed by atoms with E-state index in [1.807, 2.05) is 6.07 Å². The van der Waals surface area contributed by atoms with E-state index in [-0.39, 0.29) is 6.04 Å². The Hall–Kier alpha value is -1.03. The first-order valence-corrected chi connectivity index (χ1v) is 7.41. The minimum atomic E-state index is 0.233. The van der Waals surface area contributed by atoms with Crippen LogP contribution in [0, 0.1) is 6.92 Å². The van der Waals surface area contributed by atoms with Crippen LogP contribution in [0.25, 0.3) is 0 Å². The molecular formula is C15H18ClNOS. The molecule has 2 rings (SSSR count). The summed E-state index contributed by atoms with van der Waals surface area (Å²) < 4.78 is 6.28. The molecule has 0 radical (unpaired) electrons. The number of aryl methyl sites for hydroxylation is 1. The summed E-state index contributed by atoms with van der Waals surface area (Å²) in [6.07, 6.45) is 0. The maximum Gasteiger partial charge on any atom is 0.123 e. The summed E-state index contributed by atoms with van der Waals surface area (Å²) in [6.45, 7) is 5.02. The number of methoxy groups -OCH3 is 1. The van der Waals surface area contributed by atoms with Crippen LogP contribution in [0.3, 0.4) is 0 Å². The highest BCUT2D eigenvalue weighted by atomic mass is 35.5. The van der Waals surface area contributed by atoms with Crippen molar-refractivity contribution in [2.75, 3.05) is 7.11 Å². The Morgan fingerprint density at radius 3 is 2.74 bits per heavy atom. The predicted octanol–water partition coefficient (Wildman–Crippen LogP) is 4.57. The second-order valence-corrected chi connectivity index (χ2v) is 6.35. The van der Waals surface area contributed by atoms with Crippen molar-refractivity contribution >= 4 is 22.9 Å². The van der Waals surface area contributed by atoms with Gasteiger partial charge in [0.2, 0.25) is 0 Å². The van der Waals surface area contributed by atoms with Crippen LogP contribution in [-0.2, 0) is 6.54 Å². The van der Waals surface area contributed by atoms with Gasteiger partial charge < -0.3 is 10.1 Å². The first-order valence-electron chi connectivity index (χ1n) is 6.22. The van der Waals surface area contributed by atoms with E-state index in [0.29, 0.717) is 0 Å². The van der Waals surface area contributed by atoms with Gasteiger partial charge in [-0.3, -0.25) is 0 Å². The van der Waals surface area contributed by atoms with Crippen LogP contribution in [0.15, 0.2) is 30.3 Å². The zero-order valence-electron chi connectivity index (χ0n) is 11.4. The molecule has 1 aromatic heterocycles. The van der Waals surface area contributed by atoms with Gasteiger partial charge in [0.15, 0.2) is 0 Å². The number of ether oxygens (including phenoxy) is 1. The Morgan fingerprint density at radius 2 is 2.11 bits per heavy atom. The van der Waals surface area contributed by atoms with Gasteiger partial charge >= 0.3 is 0 Å². The molecule has 1 heterocycles. The Balaban J connectivity index is 2.05. The molecule has 2 nitrogen and oxygen atoms in total. The van der Waals surface area contributed by atoms with Crippen molar-refractivity contribution in [3.63, 3.8) is 0 Å². The van der Waals surface area contributed by atoms with Gasteiger partial charge in [-0.05, 0) is 37.6 Å². The monoisotopic (exact) mass is 295 g/mol. The molecule has 2 aromatic rings. The summed E-state index contributed by atoms with van der Waals surface area (Å²) in [5, 5.41) is 3.49. The molecule has 0 saturated carbocycles. The van der Waals surface area contributed by atoms with E-state index in [4.69, 9.17) is 16.3 Å². The first-order chi connectivity index (χ1) is 9.10. The van der Waals surface area contributed by atoms with Crippen LogP contribution in [0.4, 0.5) is 0 Å². The Morgan fingerprint density at radius 1 is 1.32 bits per heavy atom. The molecule has 0 fully saturated rings. The summed E-state index contributed by atoms with van der Waals surface area (Å²) >= 11 is 7.54. The van der Waals surface area contributed by atoms with Gasteiger partial charge in [0.1, 0.15) is 5.75 Å². The fourth-order valence-corrected chi connectivity index (χ4v) is 3.02. The maximum atomic E-state index is 5.93. The molecule has 0 aliphatic carbocycles. The van der Waals surface area contributed by atoms with Gasteiger partial charge in [-0.1, -0.05) is 23.7 Å². The largest absolute Gasteiger partial charge is 0.496 e. The van der Waals surface area contributed by atoms with Crippen LogP contribution < -0.4 is 10.1 Å². The summed E-state index contributed by atoms with van der Waals surface area (Å²) in [7, 11) is 1.71. The molecule has 0 spiro atoms. The highest BCUT2D eigenvalue weighted by molar-refractivity contribution is 7.16. The van der Waals surface area contributed by atoms with Gasteiger partial charge in [-0.25, -0.2) is 0 Å². The summed E-state index contributed by atoms with van der Waals surface area (Å²) in [4.78, 5) is 1.24. The number of hydrogen-bond acceptors (Lipinski definition) is 3. The smallest absolute Gasteiger partial charge is 0.123 e. The van der Waals surface area contributed by atoms with Gasteiger partial charge in [-0.2, -0.15) is 0 Å². The molecule has 0 bridgehead atoms. The molecule has 0 aliphatic heterocycles. The molecule has 1 unspecified atom stereocenters. The summed E-state index contributed by atoms with van der Waals surface area (Å²) in [6, 6.07) is 10.5. The molecule has 1 aromatic carbocycles.